The van der Waals surface area contributed by atoms with E-state index in [1.165, 1.54) is 0 Å². The van der Waals surface area contributed by atoms with Crippen LogP contribution in [-0.4, -0.2) is 37.4 Å². The summed E-state index contributed by atoms with van der Waals surface area (Å²) >= 11 is 0. The third kappa shape index (κ3) is 3.46. The zero-order valence-electron chi connectivity index (χ0n) is 9.00. The van der Waals surface area contributed by atoms with Crippen LogP contribution < -0.4 is 10.6 Å². The minimum Gasteiger partial charge on any atom is -0.377 e. The predicted molar refractivity (Wildman–Crippen MR) is 60.2 cm³/mol. The number of aromatic nitrogens is 1. The molecular formula is C10H16N4O. The maximum Gasteiger partial charge on any atom is 0.267 e. The SMILES string of the molecule is C/N=C(/CCNC(=O)c1ccc[nH]1)NC. The summed E-state index contributed by atoms with van der Waals surface area (Å²) in [5.41, 5.74) is 0.578. The number of aromatic amines is 1. The van der Waals surface area contributed by atoms with Crippen LogP contribution >= 0.6 is 0 Å². The summed E-state index contributed by atoms with van der Waals surface area (Å²) in [4.78, 5) is 18.3. The molecule has 1 rings (SSSR count). The number of H-pyrrole nitrogens is 1. The smallest absolute Gasteiger partial charge is 0.267 e. The molecule has 82 valence electrons. The lowest BCUT2D eigenvalue weighted by molar-refractivity contribution is 0.0950. The van der Waals surface area contributed by atoms with Gasteiger partial charge in [0.1, 0.15) is 5.69 Å². The van der Waals surface area contributed by atoms with Crippen molar-refractivity contribution in [1.29, 1.82) is 0 Å². The standard InChI is InChI=1S/C10H16N4O/c1-11-9(12-2)5-7-14-10(15)8-4-3-6-13-8/h3-4,6,13H,5,7H2,1-2H3,(H,11,12)(H,14,15). The summed E-state index contributed by atoms with van der Waals surface area (Å²) in [7, 11) is 3.54. The van der Waals surface area contributed by atoms with Gasteiger partial charge < -0.3 is 15.6 Å². The topological polar surface area (TPSA) is 69.3 Å². The average Bonchev–Trinajstić information content (AvgIpc) is 2.77. The second kappa shape index (κ2) is 5.85. The van der Waals surface area contributed by atoms with Crippen LogP contribution in [0.2, 0.25) is 0 Å². The quantitative estimate of drug-likeness (QED) is 0.494. The highest BCUT2D eigenvalue weighted by molar-refractivity contribution is 5.92. The van der Waals surface area contributed by atoms with E-state index in [4.69, 9.17) is 0 Å². The van der Waals surface area contributed by atoms with Crippen LogP contribution in [0.5, 0.6) is 0 Å². The molecule has 0 fully saturated rings. The largest absolute Gasteiger partial charge is 0.377 e. The molecule has 0 aromatic carbocycles. The molecule has 0 aliphatic heterocycles. The van der Waals surface area contributed by atoms with E-state index < -0.39 is 0 Å². The first-order valence-corrected chi connectivity index (χ1v) is 4.83. The molecule has 15 heavy (non-hydrogen) atoms. The summed E-state index contributed by atoms with van der Waals surface area (Å²) in [6.07, 6.45) is 2.43. The van der Waals surface area contributed by atoms with Crippen LogP contribution in [0, 0.1) is 0 Å². The third-order valence-electron chi connectivity index (χ3n) is 2.05. The summed E-state index contributed by atoms with van der Waals surface area (Å²) in [5, 5.41) is 5.74. The van der Waals surface area contributed by atoms with E-state index in [0.717, 1.165) is 5.84 Å². The molecule has 0 atom stereocenters. The molecule has 1 amide bonds. The average molecular weight is 208 g/mol. The second-order valence-electron chi connectivity index (χ2n) is 3.01. The number of carbonyl (C=O) groups excluding carboxylic acids is 1. The number of amidine groups is 1. The first-order chi connectivity index (χ1) is 7.27. The van der Waals surface area contributed by atoms with Crippen molar-refractivity contribution in [3.8, 4) is 0 Å². The fraction of sp³-hybridized carbons (Fsp3) is 0.400. The maximum absolute atomic E-state index is 11.5. The van der Waals surface area contributed by atoms with Crippen molar-refractivity contribution in [2.24, 2.45) is 4.99 Å². The Morgan fingerprint density at radius 3 is 2.93 bits per heavy atom. The second-order valence-corrected chi connectivity index (χ2v) is 3.01. The number of rotatable bonds is 4. The van der Waals surface area contributed by atoms with E-state index in [0.29, 0.717) is 18.7 Å². The molecule has 0 saturated heterocycles. The Morgan fingerprint density at radius 1 is 1.60 bits per heavy atom. The first kappa shape index (κ1) is 11.3. The van der Waals surface area contributed by atoms with Crippen molar-refractivity contribution in [2.75, 3.05) is 20.6 Å². The van der Waals surface area contributed by atoms with Crippen LogP contribution in [0.15, 0.2) is 23.3 Å². The van der Waals surface area contributed by atoms with Gasteiger partial charge in [-0.2, -0.15) is 0 Å². The van der Waals surface area contributed by atoms with Gasteiger partial charge in [0, 0.05) is 33.3 Å². The normalized spacial score (nSPS) is 11.2. The van der Waals surface area contributed by atoms with Crippen LogP contribution in [0.4, 0.5) is 0 Å². The van der Waals surface area contributed by atoms with Crippen molar-refractivity contribution in [2.45, 2.75) is 6.42 Å². The fourth-order valence-corrected chi connectivity index (χ4v) is 1.21. The van der Waals surface area contributed by atoms with Gasteiger partial charge in [-0.3, -0.25) is 9.79 Å². The number of nitrogens with zero attached hydrogens (tertiary/aromatic N) is 1. The molecule has 0 unspecified atom stereocenters. The van der Waals surface area contributed by atoms with Gasteiger partial charge in [0.05, 0.1) is 5.84 Å². The van der Waals surface area contributed by atoms with Crippen molar-refractivity contribution in [3.63, 3.8) is 0 Å². The van der Waals surface area contributed by atoms with Gasteiger partial charge >= 0.3 is 0 Å². The van der Waals surface area contributed by atoms with E-state index in [2.05, 4.69) is 20.6 Å². The van der Waals surface area contributed by atoms with Crippen LogP contribution in [0.1, 0.15) is 16.9 Å². The molecule has 1 aromatic rings. The van der Waals surface area contributed by atoms with E-state index in [-0.39, 0.29) is 5.91 Å². The fourth-order valence-electron chi connectivity index (χ4n) is 1.21. The van der Waals surface area contributed by atoms with Gasteiger partial charge in [-0.05, 0) is 12.1 Å². The molecule has 0 radical (unpaired) electrons. The van der Waals surface area contributed by atoms with E-state index in [1.807, 2.05) is 7.05 Å². The Bertz CT molecular complexity index is 329. The van der Waals surface area contributed by atoms with Gasteiger partial charge in [0.15, 0.2) is 0 Å². The molecule has 0 spiro atoms. The molecule has 0 saturated carbocycles. The lowest BCUT2D eigenvalue weighted by Crippen LogP contribution is -2.29. The van der Waals surface area contributed by atoms with E-state index >= 15 is 0 Å². The summed E-state index contributed by atoms with van der Waals surface area (Å²) < 4.78 is 0. The monoisotopic (exact) mass is 208 g/mol. The zero-order valence-corrected chi connectivity index (χ0v) is 9.00. The predicted octanol–water partition coefficient (Wildman–Crippen LogP) is 0.382. The van der Waals surface area contributed by atoms with Gasteiger partial charge in [-0.25, -0.2) is 0 Å². The van der Waals surface area contributed by atoms with Crippen molar-refractivity contribution in [1.82, 2.24) is 15.6 Å². The zero-order chi connectivity index (χ0) is 11.1. The lowest BCUT2D eigenvalue weighted by atomic mass is 10.3. The van der Waals surface area contributed by atoms with Crippen molar-refractivity contribution in [3.05, 3.63) is 24.0 Å². The Balaban J connectivity index is 2.29. The lowest BCUT2D eigenvalue weighted by Gasteiger charge is -2.05. The molecular weight excluding hydrogens is 192 g/mol. The van der Waals surface area contributed by atoms with E-state index in [9.17, 15) is 4.79 Å². The molecule has 1 aromatic heterocycles. The summed E-state index contributed by atoms with van der Waals surface area (Å²) in [6, 6.07) is 3.53. The minimum atomic E-state index is -0.0912. The van der Waals surface area contributed by atoms with Crippen molar-refractivity contribution >= 4 is 11.7 Å². The Morgan fingerprint density at radius 2 is 2.40 bits per heavy atom. The molecule has 0 aliphatic carbocycles. The number of hydrogen-bond donors (Lipinski definition) is 3. The molecule has 1 heterocycles. The van der Waals surface area contributed by atoms with Gasteiger partial charge in [0.2, 0.25) is 0 Å². The highest BCUT2D eigenvalue weighted by Gasteiger charge is 2.04. The third-order valence-corrected chi connectivity index (χ3v) is 2.05. The van der Waals surface area contributed by atoms with Crippen LogP contribution in [0.25, 0.3) is 0 Å². The van der Waals surface area contributed by atoms with Gasteiger partial charge in [-0.15, -0.1) is 0 Å². The Hall–Kier alpha value is -1.78. The highest BCUT2D eigenvalue weighted by Crippen LogP contribution is 1.93. The van der Waals surface area contributed by atoms with Crippen LogP contribution in [-0.2, 0) is 0 Å². The number of carbonyl (C=O) groups is 1. The van der Waals surface area contributed by atoms with Crippen LogP contribution in [0.3, 0.4) is 0 Å². The maximum atomic E-state index is 11.5. The summed E-state index contributed by atoms with van der Waals surface area (Å²) in [5.74, 6) is 0.786. The number of aliphatic imine (C=N–C) groups is 1. The molecule has 0 aliphatic rings. The molecule has 5 nitrogen and oxygen atoms in total. The Labute approximate surface area is 89.0 Å². The number of amides is 1. The molecule has 5 heteroatoms. The van der Waals surface area contributed by atoms with Crippen molar-refractivity contribution < 1.29 is 4.79 Å². The molecule has 0 bridgehead atoms. The minimum absolute atomic E-state index is 0.0912. The number of nitrogens with one attached hydrogen (secondary N) is 3. The first-order valence-electron chi connectivity index (χ1n) is 4.83. The highest BCUT2D eigenvalue weighted by atomic mass is 16.1. The Kier molecular flexibility index (Phi) is 4.40. The van der Waals surface area contributed by atoms with E-state index in [1.54, 1.807) is 25.4 Å². The van der Waals surface area contributed by atoms with Gasteiger partial charge in [0.25, 0.3) is 5.91 Å². The number of hydrogen-bond acceptors (Lipinski definition) is 2. The summed E-state index contributed by atoms with van der Waals surface area (Å²) in [6.45, 7) is 0.575. The molecule has 3 N–H and O–H groups in total. The van der Waals surface area contributed by atoms with Gasteiger partial charge in [-0.1, -0.05) is 0 Å².